The predicted molar refractivity (Wildman–Crippen MR) is 98.1 cm³/mol. The minimum absolute atomic E-state index is 0.0629. The number of nitrogen functional groups attached to an aromatic ring is 2. The lowest BCUT2D eigenvalue weighted by Crippen LogP contribution is -2.34. The Bertz CT molecular complexity index is 729. The minimum atomic E-state index is 0.0629. The van der Waals surface area contributed by atoms with Gasteiger partial charge in [-0.25, -0.2) is 9.97 Å². The lowest BCUT2D eigenvalue weighted by atomic mass is 10.2. The molecule has 132 valence electrons. The Kier molecular flexibility index (Phi) is 5.28. The Hall–Kier alpha value is -2.48. The van der Waals surface area contributed by atoms with E-state index in [4.69, 9.17) is 16.2 Å². The number of ether oxygens (including phenoxy) is 1. The SMILES string of the molecule is COc1ccc(CN(C(=O)CSc2nc(N)cc(N)n2)C2CC2)cc1. The average molecular weight is 359 g/mol. The summed E-state index contributed by atoms with van der Waals surface area (Å²) < 4.78 is 5.17. The third kappa shape index (κ3) is 4.76. The lowest BCUT2D eigenvalue weighted by Gasteiger charge is -2.22. The molecule has 0 aliphatic heterocycles. The molecule has 1 aromatic carbocycles. The molecule has 0 spiro atoms. The second kappa shape index (κ2) is 7.60. The summed E-state index contributed by atoms with van der Waals surface area (Å²) >= 11 is 1.25. The average Bonchev–Trinajstić information content (AvgIpc) is 3.42. The van der Waals surface area contributed by atoms with Crippen molar-refractivity contribution in [2.45, 2.75) is 30.6 Å². The van der Waals surface area contributed by atoms with Crippen LogP contribution in [0.2, 0.25) is 0 Å². The summed E-state index contributed by atoms with van der Waals surface area (Å²) in [5, 5.41) is 0.422. The maximum atomic E-state index is 12.7. The van der Waals surface area contributed by atoms with Gasteiger partial charge in [-0.15, -0.1) is 0 Å². The first-order chi connectivity index (χ1) is 12.0. The molecule has 4 N–H and O–H groups in total. The molecule has 3 rings (SSSR count). The standard InChI is InChI=1S/C17H21N5O2S/c1-24-13-6-2-11(3-7-13)9-22(12-4-5-12)16(23)10-25-17-20-14(18)8-15(19)21-17/h2-3,6-8,12H,4-5,9-10H2,1H3,(H4,18,19,20,21). The number of aromatic nitrogens is 2. The molecule has 0 unspecified atom stereocenters. The number of hydrogen-bond donors (Lipinski definition) is 2. The van der Waals surface area contributed by atoms with Crippen LogP contribution in [0, 0.1) is 0 Å². The molecule has 1 fully saturated rings. The summed E-state index contributed by atoms with van der Waals surface area (Å²) in [4.78, 5) is 22.8. The minimum Gasteiger partial charge on any atom is -0.497 e. The number of hydrogen-bond acceptors (Lipinski definition) is 7. The van der Waals surface area contributed by atoms with Crippen molar-refractivity contribution >= 4 is 29.3 Å². The van der Waals surface area contributed by atoms with Crippen molar-refractivity contribution in [3.8, 4) is 5.75 Å². The van der Waals surface area contributed by atoms with E-state index in [1.54, 1.807) is 7.11 Å². The molecule has 1 amide bonds. The Balaban J connectivity index is 1.62. The molecule has 25 heavy (non-hydrogen) atoms. The summed E-state index contributed by atoms with van der Waals surface area (Å²) in [5.41, 5.74) is 12.4. The van der Waals surface area contributed by atoms with Crippen molar-refractivity contribution < 1.29 is 9.53 Å². The van der Waals surface area contributed by atoms with Crippen molar-refractivity contribution in [2.75, 3.05) is 24.3 Å². The largest absolute Gasteiger partial charge is 0.497 e. The highest BCUT2D eigenvalue weighted by atomic mass is 32.2. The van der Waals surface area contributed by atoms with Gasteiger partial charge < -0.3 is 21.1 Å². The van der Waals surface area contributed by atoms with Crippen molar-refractivity contribution in [1.82, 2.24) is 14.9 Å². The van der Waals surface area contributed by atoms with Crippen LogP contribution in [0.4, 0.5) is 11.6 Å². The highest BCUT2D eigenvalue weighted by Crippen LogP contribution is 2.30. The molecule has 1 saturated carbocycles. The Morgan fingerprint density at radius 2 is 1.88 bits per heavy atom. The zero-order chi connectivity index (χ0) is 17.8. The Morgan fingerprint density at radius 3 is 2.44 bits per heavy atom. The number of methoxy groups -OCH3 is 1. The summed E-state index contributed by atoms with van der Waals surface area (Å²) in [7, 11) is 1.64. The molecular formula is C17H21N5O2S. The highest BCUT2D eigenvalue weighted by molar-refractivity contribution is 7.99. The fourth-order valence-corrected chi connectivity index (χ4v) is 3.23. The molecule has 8 heteroatoms. The smallest absolute Gasteiger partial charge is 0.233 e. The van der Waals surface area contributed by atoms with Crippen LogP contribution in [0.5, 0.6) is 5.75 Å². The van der Waals surface area contributed by atoms with E-state index >= 15 is 0 Å². The van der Waals surface area contributed by atoms with E-state index in [0.717, 1.165) is 24.2 Å². The fraction of sp³-hybridized carbons (Fsp3) is 0.353. The van der Waals surface area contributed by atoms with Crippen molar-refractivity contribution in [3.05, 3.63) is 35.9 Å². The van der Waals surface area contributed by atoms with Gasteiger partial charge in [0, 0.05) is 18.7 Å². The zero-order valence-electron chi connectivity index (χ0n) is 14.0. The van der Waals surface area contributed by atoms with Crippen LogP contribution in [-0.4, -0.2) is 39.7 Å². The third-order valence-corrected chi connectivity index (χ3v) is 4.72. The van der Waals surface area contributed by atoms with E-state index in [-0.39, 0.29) is 11.7 Å². The first kappa shape index (κ1) is 17.3. The molecule has 0 bridgehead atoms. The summed E-state index contributed by atoms with van der Waals surface area (Å²) in [6.07, 6.45) is 2.10. The van der Waals surface area contributed by atoms with Crippen molar-refractivity contribution in [1.29, 1.82) is 0 Å². The summed E-state index contributed by atoms with van der Waals surface area (Å²) in [6, 6.07) is 9.59. The molecule has 1 aromatic heterocycles. The number of nitrogens with zero attached hydrogens (tertiary/aromatic N) is 3. The zero-order valence-corrected chi connectivity index (χ0v) is 14.8. The number of thioether (sulfide) groups is 1. The van der Waals surface area contributed by atoms with Crippen LogP contribution in [0.1, 0.15) is 18.4 Å². The normalized spacial score (nSPS) is 13.5. The predicted octanol–water partition coefficient (Wildman–Crippen LogP) is 1.93. The number of carbonyl (C=O) groups is 1. The van der Waals surface area contributed by atoms with Gasteiger partial charge in [0.25, 0.3) is 0 Å². The number of rotatable bonds is 7. The molecule has 1 heterocycles. The van der Waals surface area contributed by atoms with Gasteiger partial charge in [-0.3, -0.25) is 4.79 Å². The Morgan fingerprint density at radius 1 is 1.24 bits per heavy atom. The molecular weight excluding hydrogens is 338 g/mol. The topological polar surface area (TPSA) is 107 Å². The number of amides is 1. The van der Waals surface area contributed by atoms with Gasteiger partial charge in [0.1, 0.15) is 17.4 Å². The maximum absolute atomic E-state index is 12.7. The van der Waals surface area contributed by atoms with Crippen LogP contribution in [-0.2, 0) is 11.3 Å². The van der Waals surface area contributed by atoms with Crippen molar-refractivity contribution in [2.24, 2.45) is 0 Å². The van der Waals surface area contributed by atoms with Crippen LogP contribution in [0.15, 0.2) is 35.5 Å². The second-order valence-corrected chi connectivity index (χ2v) is 6.83. The van der Waals surface area contributed by atoms with E-state index in [1.807, 2.05) is 29.2 Å². The van der Waals surface area contributed by atoms with Gasteiger partial charge in [0.15, 0.2) is 5.16 Å². The number of benzene rings is 1. The van der Waals surface area contributed by atoms with Crippen LogP contribution >= 0.6 is 11.8 Å². The fourth-order valence-electron chi connectivity index (χ4n) is 2.47. The van der Waals surface area contributed by atoms with Crippen LogP contribution in [0.25, 0.3) is 0 Å². The monoisotopic (exact) mass is 359 g/mol. The highest BCUT2D eigenvalue weighted by Gasteiger charge is 2.32. The lowest BCUT2D eigenvalue weighted by molar-refractivity contribution is -0.129. The molecule has 7 nitrogen and oxygen atoms in total. The number of carbonyl (C=O) groups excluding carboxylic acids is 1. The molecule has 1 aliphatic carbocycles. The van der Waals surface area contributed by atoms with Crippen LogP contribution in [0.3, 0.4) is 0 Å². The number of nitrogens with two attached hydrogens (primary N) is 2. The quantitative estimate of drug-likeness (QED) is 0.574. The van der Waals surface area contributed by atoms with Gasteiger partial charge in [-0.1, -0.05) is 23.9 Å². The summed E-state index contributed by atoms with van der Waals surface area (Å²) in [5.74, 6) is 1.74. The van der Waals surface area contributed by atoms with E-state index < -0.39 is 0 Å². The van der Waals surface area contributed by atoms with Gasteiger partial charge >= 0.3 is 0 Å². The first-order valence-corrected chi connectivity index (χ1v) is 8.99. The van der Waals surface area contributed by atoms with E-state index in [1.165, 1.54) is 17.8 Å². The van der Waals surface area contributed by atoms with Crippen LogP contribution < -0.4 is 16.2 Å². The molecule has 0 atom stereocenters. The number of anilines is 2. The van der Waals surface area contributed by atoms with Gasteiger partial charge in [-0.2, -0.15) is 0 Å². The second-order valence-electron chi connectivity index (χ2n) is 5.89. The molecule has 2 aromatic rings. The van der Waals surface area contributed by atoms with Gasteiger partial charge in [0.2, 0.25) is 5.91 Å². The molecule has 0 radical (unpaired) electrons. The van der Waals surface area contributed by atoms with Crippen molar-refractivity contribution in [3.63, 3.8) is 0 Å². The molecule has 1 aliphatic rings. The van der Waals surface area contributed by atoms with E-state index in [0.29, 0.717) is 29.4 Å². The van der Waals surface area contributed by atoms with E-state index in [9.17, 15) is 4.79 Å². The van der Waals surface area contributed by atoms with Gasteiger partial charge in [0.05, 0.1) is 12.9 Å². The third-order valence-electron chi connectivity index (χ3n) is 3.89. The Labute approximate surface area is 150 Å². The van der Waals surface area contributed by atoms with Gasteiger partial charge in [-0.05, 0) is 30.5 Å². The first-order valence-electron chi connectivity index (χ1n) is 8.00. The summed E-state index contributed by atoms with van der Waals surface area (Å²) in [6.45, 7) is 0.591. The molecule has 0 saturated heterocycles. The van der Waals surface area contributed by atoms with E-state index in [2.05, 4.69) is 9.97 Å². The maximum Gasteiger partial charge on any atom is 0.233 e.